The van der Waals surface area contributed by atoms with Crippen LogP contribution in [0.15, 0.2) is 97.1 Å². The van der Waals surface area contributed by atoms with Gasteiger partial charge in [-0.05, 0) is 106 Å². The third-order valence-electron chi connectivity index (χ3n) is 10.3. The zero-order valence-corrected chi connectivity index (χ0v) is 39.2. The summed E-state index contributed by atoms with van der Waals surface area (Å²) >= 11 is 0. The molecule has 4 aromatic carbocycles. The van der Waals surface area contributed by atoms with Gasteiger partial charge in [-0.25, -0.2) is 19.2 Å². The number of carboxylic acids is 1. The molecule has 0 aliphatic carbocycles. The van der Waals surface area contributed by atoms with Crippen molar-refractivity contribution in [3.8, 4) is 11.5 Å². The normalized spacial score (nSPS) is 11.6. The van der Waals surface area contributed by atoms with E-state index in [0.29, 0.717) is 36.8 Å². The lowest BCUT2D eigenvalue weighted by atomic mass is 9.96. The Kier molecular flexibility index (Phi) is 23.2. The van der Waals surface area contributed by atoms with Crippen LogP contribution in [0.5, 0.6) is 11.5 Å². The molecule has 0 spiro atoms. The van der Waals surface area contributed by atoms with Crippen LogP contribution in [0.3, 0.4) is 0 Å². The van der Waals surface area contributed by atoms with Gasteiger partial charge in [-0.15, -0.1) is 0 Å². The molecule has 372 valence electrons. The van der Waals surface area contributed by atoms with Gasteiger partial charge in [0, 0.05) is 25.9 Å². The molecule has 2 atom stereocenters. The molecule has 69 heavy (non-hydrogen) atoms. The van der Waals surface area contributed by atoms with E-state index in [1.165, 1.54) is 38.5 Å². The number of methoxy groups -OCH3 is 2. The molecule has 0 radical (unpaired) electrons. The molecule has 17 heteroatoms. The van der Waals surface area contributed by atoms with Crippen molar-refractivity contribution in [3.05, 3.63) is 130 Å². The zero-order chi connectivity index (χ0) is 49.5. The van der Waals surface area contributed by atoms with Crippen molar-refractivity contribution in [1.82, 2.24) is 21.3 Å². The van der Waals surface area contributed by atoms with Crippen molar-refractivity contribution in [3.63, 3.8) is 0 Å². The Morgan fingerprint density at radius 1 is 0.551 bits per heavy atom. The van der Waals surface area contributed by atoms with Gasteiger partial charge >= 0.3 is 24.2 Å². The van der Waals surface area contributed by atoms with Gasteiger partial charge in [0.1, 0.15) is 35.9 Å². The third kappa shape index (κ3) is 20.1. The smallest absolute Gasteiger partial charge is 0.408 e. The lowest BCUT2D eigenvalue weighted by molar-refractivity contribution is -0.121. The van der Waals surface area contributed by atoms with Crippen LogP contribution in [0.25, 0.3) is 0 Å². The molecule has 0 unspecified atom stereocenters. The number of unbranched alkanes of at least 4 members (excludes halogenated alkanes) is 2. The maximum absolute atomic E-state index is 14.1. The average molecular weight is 955 g/mol. The highest BCUT2D eigenvalue weighted by molar-refractivity contribution is 6.01. The van der Waals surface area contributed by atoms with E-state index in [4.69, 9.17) is 23.7 Å². The van der Waals surface area contributed by atoms with Crippen molar-refractivity contribution in [1.29, 1.82) is 0 Å². The molecular weight excluding hydrogens is 889 g/mol. The number of carboxylic acid groups (broad SMARTS) is 1. The van der Waals surface area contributed by atoms with Crippen LogP contribution in [-0.2, 0) is 49.9 Å². The Labute approximate surface area is 404 Å². The first-order valence-corrected chi connectivity index (χ1v) is 22.4. The third-order valence-corrected chi connectivity index (χ3v) is 10.3. The van der Waals surface area contributed by atoms with Crippen LogP contribution in [0.2, 0.25) is 0 Å². The first-order valence-electron chi connectivity index (χ1n) is 22.4. The summed E-state index contributed by atoms with van der Waals surface area (Å²) in [6.45, 7) is 5.82. The molecule has 0 heterocycles. The maximum Gasteiger partial charge on any atom is 0.408 e. The van der Waals surface area contributed by atoms with Gasteiger partial charge in [0.05, 0.1) is 31.9 Å². The Morgan fingerprint density at radius 3 is 1.42 bits per heavy atom. The number of Topliss-reactive ketones (excluding diaryl/α,β-unsaturated/α-hetero) is 2. The molecular formula is C52H66N4O13. The molecule has 4 rings (SSSR count). The van der Waals surface area contributed by atoms with E-state index in [9.17, 15) is 38.7 Å². The number of amides is 4. The van der Waals surface area contributed by atoms with E-state index in [1.54, 1.807) is 32.9 Å². The minimum Gasteiger partial charge on any atom is -0.496 e. The molecule has 4 aromatic rings. The topological polar surface area (TPSA) is 234 Å². The molecule has 0 fully saturated rings. The summed E-state index contributed by atoms with van der Waals surface area (Å²) in [4.78, 5) is 91.3. The van der Waals surface area contributed by atoms with Gasteiger partial charge in [0.15, 0.2) is 11.6 Å². The van der Waals surface area contributed by atoms with Crippen LogP contribution in [0, 0.1) is 0 Å². The van der Waals surface area contributed by atoms with Crippen molar-refractivity contribution < 1.29 is 62.4 Å². The number of hydrogen-bond acceptors (Lipinski definition) is 12. The molecule has 0 aliphatic rings. The standard InChI is InChI=1S/C51H62N4O13.CH4/c1-51(2,3)68-50(63)55-41(21-13-15-27-53-49(62)67-33-35-18-10-7-11-19-35)43(57)30-36-22-24-44(64-4)38(28-36)46(58)54-40(42(56)31-37-23-25-45(65-5)39(29-37)47(59)60)20-12-14-26-52-48(61)66-32-34-16-8-6-9-17-34;/h6-11,16-19,22-25,28-29,40-41H,12-15,20-21,26-27,30-33H2,1-5H3,(H,52,61)(H,53,62)(H,54,58)(H,55,63)(H,59,60);1H4/t40-,41-;/m0./s1. The Hall–Kier alpha value is -7.43. The first-order chi connectivity index (χ1) is 32.5. The molecule has 0 saturated heterocycles. The van der Waals surface area contributed by atoms with Gasteiger partial charge in [0.2, 0.25) is 0 Å². The molecule has 17 nitrogen and oxygen atoms in total. The Morgan fingerprint density at radius 2 is 0.986 bits per heavy atom. The largest absolute Gasteiger partial charge is 0.496 e. The number of rotatable bonds is 26. The van der Waals surface area contributed by atoms with Crippen LogP contribution in [0.1, 0.15) is 110 Å². The predicted octanol–water partition coefficient (Wildman–Crippen LogP) is 8.15. The Bertz CT molecular complexity index is 2320. The van der Waals surface area contributed by atoms with Gasteiger partial charge < -0.3 is 50.1 Å². The number of ketones is 2. The summed E-state index contributed by atoms with van der Waals surface area (Å²) in [7, 11) is 2.71. The predicted molar refractivity (Wildman–Crippen MR) is 258 cm³/mol. The summed E-state index contributed by atoms with van der Waals surface area (Å²) in [5.41, 5.74) is 1.57. The molecule has 5 N–H and O–H groups in total. The van der Waals surface area contributed by atoms with Gasteiger partial charge in [-0.1, -0.05) is 80.2 Å². The number of carbonyl (C=O) groups excluding carboxylic acids is 6. The molecule has 0 saturated carbocycles. The number of aromatic carboxylic acids is 1. The first kappa shape index (κ1) is 55.9. The second kappa shape index (κ2) is 28.7. The van der Waals surface area contributed by atoms with Crippen molar-refractivity contribution in [2.24, 2.45) is 0 Å². The Balaban J connectivity index is 0.0000126. The molecule has 0 aromatic heterocycles. The second-order valence-electron chi connectivity index (χ2n) is 16.9. The summed E-state index contributed by atoms with van der Waals surface area (Å²) in [5, 5.41) is 20.6. The highest BCUT2D eigenvalue weighted by atomic mass is 16.6. The SMILES string of the molecule is C.COc1ccc(CC(=O)[C@H](CCCCNC(=O)OCc2ccccc2)NC(=O)c2cc(CC(=O)[C@H](CCCCNC(=O)OCc3ccccc3)NC(=O)OC(C)(C)C)ccc2OC)cc1C(=O)O. The lowest BCUT2D eigenvalue weighted by Crippen LogP contribution is -2.44. The second-order valence-corrected chi connectivity index (χ2v) is 16.9. The summed E-state index contributed by atoms with van der Waals surface area (Å²) in [6.07, 6.45) is -0.247. The number of hydrogen-bond donors (Lipinski definition) is 5. The van der Waals surface area contributed by atoms with E-state index in [1.807, 2.05) is 60.7 Å². The molecule has 0 aliphatic heterocycles. The fraction of sp³-hybridized carbons (Fsp3) is 0.404. The minimum absolute atomic E-state index is 0. The van der Waals surface area contributed by atoms with Crippen LogP contribution >= 0.6 is 0 Å². The fourth-order valence-electron chi connectivity index (χ4n) is 6.91. The van der Waals surface area contributed by atoms with Gasteiger partial charge in [-0.2, -0.15) is 0 Å². The summed E-state index contributed by atoms with van der Waals surface area (Å²) in [5.74, 6) is -2.39. The molecule has 4 amide bonds. The molecule has 0 bridgehead atoms. The van der Waals surface area contributed by atoms with Crippen LogP contribution < -0.4 is 30.7 Å². The van der Waals surface area contributed by atoms with Gasteiger partial charge in [0.25, 0.3) is 5.91 Å². The number of alkyl carbamates (subject to hydrolysis) is 3. The van der Waals surface area contributed by atoms with E-state index < -0.39 is 53.6 Å². The van der Waals surface area contributed by atoms with E-state index in [0.717, 1.165) is 11.1 Å². The van der Waals surface area contributed by atoms with Gasteiger partial charge in [-0.3, -0.25) is 14.4 Å². The van der Waals surface area contributed by atoms with Crippen LogP contribution in [0.4, 0.5) is 14.4 Å². The maximum atomic E-state index is 14.1. The van der Waals surface area contributed by atoms with Crippen molar-refractivity contribution in [2.45, 2.75) is 110 Å². The zero-order valence-electron chi connectivity index (χ0n) is 39.2. The van der Waals surface area contributed by atoms with Crippen LogP contribution in [-0.4, -0.2) is 91.8 Å². The van der Waals surface area contributed by atoms with E-state index in [2.05, 4.69) is 21.3 Å². The van der Waals surface area contributed by atoms with Crippen molar-refractivity contribution in [2.75, 3.05) is 27.3 Å². The lowest BCUT2D eigenvalue weighted by Gasteiger charge is -2.23. The minimum atomic E-state index is -1.24. The quantitative estimate of drug-likeness (QED) is 0.0296. The number of benzene rings is 4. The summed E-state index contributed by atoms with van der Waals surface area (Å²) in [6, 6.07) is 25.4. The average Bonchev–Trinajstić information content (AvgIpc) is 3.31. The van der Waals surface area contributed by atoms with E-state index in [-0.39, 0.29) is 87.8 Å². The highest BCUT2D eigenvalue weighted by Gasteiger charge is 2.27. The fourth-order valence-corrected chi connectivity index (χ4v) is 6.91. The van der Waals surface area contributed by atoms with Crippen molar-refractivity contribution >= 4 is 41.7 Å². The summed E-state index contributed by atoms with van der Waals surface area (Å²) < 4.78 is 26.7. The highest BCUT2D eigenvalue weighted by Crippen LogP contribution is 2.24. The monoisotopic (exact) mass is 954 g/mol. The van der Waals surface area contributed by atoms with E-state index >= 15 is 0 Å². The number of ether oxygens (including phenoxy) is 5. The number of nitrogens with one attached hydrogen (secondary N) is 4. The number of carbonyl (C=O) groups is 7.